The highest BCUT2D eigenvalue weighted by Crippen LogP contribution is 2.08. The minimum absolute atomic E-state index is 0.0354. The van der Waals surface area contributed by atoms with Crippen LogP contribution in [-0.4, -0.2) is 38.3 Å². The summed E-state index contributed by atoms with van der Waals surface area (Å²) in [4.78, 5) is 11.6. The van der Waals surface area contributed by atoms with Gasteiger partial charge in [0.1, 0.15) is 11.6 Å². The molecule has 0 saturated carbocycles. The van der Waals surface area contributed by atoms with Crippen molar-refractivity contribution >= 4 is 16.0 Å². The lowest BCUT2D eigenvalue weighted by atomic mass is 10.2. The molecule has 0 aliphatic heterocycles. The number of hydrogen-bond donors (Lipinski definition) is 2. The van der Waals surface area contributed by atoms with Crippen LogP contribution in [0.1, 0.15) is 34.1 Å². The summed E-state index contributed by atoms with van der Waals surface area (Å²) < 4.78 is 30.3. The summed E-state index contributed by atoms with van der Waals surface area (Å²) in [5.41, 5.74) is 4.70. The van der Waals surface area contributed by atoms with Crippen molar-refractivity contribution in [1.82, 2.24) is 4.72 Å². The second-order valence-electron chi connectivity index (χ2n) is 4.76. The standard InChI is InChI=1S/C10H22N2O4S/c1-5-6-17(14,15)12-8(7-11)9(13)16-10(2,3)4/h8,12H,5-7,11H2,1-4H3/t8-/m1/s1. The highest BCUT2D eigenvalue weighted by molar-refractivity contribution is 7.89. The molecule has 0 bridgehead atoms. The van der Waals surface area contributed by atoms with E-state index in [1.165, 1.54) is 0 Å². The van der Waals surface area contributed by atoms with Gasteiger partial charge in [0, 0.05) is 6.54 Å². The predicted molar refractivity (Wildman–Crippen MR) is 65.9 cm³/mol. The van der Waals surface area contributed by atoms with E-state index in [0.717, 1.165) is 0 Å². The monoisotopic (exact) mass is 266 g/mol. The summed E-state index contributed by atoms with van der Waals surface area (Å²) >= 11 is 0. The predicted octanol–water partition coefficient (Wildman–Crippen LogP) is -0.0152. The maximum atomic E-state index is 11.6. The largest absolute Gasteiger partial charge is 0.459 e. The zero-order valence-electron chi connectivity index (χ0n) is 10.8. The van der Waals surface area contributed by atoms with Crippen molar-refractivity contribution in [2.45, 2.75) is 45.8 Å². The maximum absolute atomic E-state index is 11.6. The number of rotatable bonds is 6. The molecule has 102 valence electrons. The van der Waals surface area contributed by atoms with Gasteiger partial charge in [0.25, 0.3) is 0 Å². The SMILES string of the molecule is CCCS(=O)(=O)N[C@H](CN)C(=O)OC(C)(C)C. The summed E-state index contributed by atoms with van der Waals surface area (Å²) in [5, 5.41) is 0. The fraction of sp³-hybridized carbons (Fsp3) is 0.900. The Labute approximate surface area is 103 Å². The van der Waals surface area contributed by atoms with Crippen molar-refractivity contribution in [3.05, 3.63) is 0 Å². The number of nitrogens with one attached hydrogen (secondary N) is 1. The first kappa shape index (κ1) is 16.3. The van der Waals surface area contributed by atoms with Gasteiger partial charge < -0.3 is 10.5 Å². The van der Waals surface area contributed by atoms with Gasteiger partial charge in [-0.25, -0.2) is 8.42 Å². The van der Waals surface area contributed by atoms with Crippen LogP contribution in [0.25, 0.3) is 0 Å². The van der Waals surface area contributed by atoms with E-state index in [-0.39, 0.29) is 12.3 Å². The van der Waals surface area contributed by atoms with Crippen LogP contribution in [0.3, 0.4) is 0 Å². The van der Waals surface area contributed by atoms with E-state index in [0.29, 0.717) is 6.42 Å². The third-order valence-corrected chi connectivity index (χ3v) is 3.31. The molecule has 0 radical (unpaired) electrons. The molecule has 0 aliphatic carbocycles. The fourth-order valence-corrected chi connectivity index (χ4v) is 2.39. The van der Waals surface area contributed by atoms with Gasteiger partial charge in [-0.1, -0.05) is 6.92 Å². The van der Waals surface area contributed by atoms with Crippen molar-refractivity contribution in [2.75, 3.05) is 12.3 Å². The molecule has 0 aliphatic rings. The average Bonchev–Trinajstić information content (AvgIpc) is 2.11. The Morgan fingerprint density at radius 1 is 1.41 bits per heavy atom. The molecule has 0 amide bonds. The van der Waals surface area contributed by atoms with Crippen molar-refractivity contribution in [3.63, 3.8) is 0 Å². The second kappa shape index (κ2) is 6.32. The van der Waals surface area contributed by atoms with E-state index >= 15 is 0 Å². The van der Waals surface area contributed by atoms with Gasteiger partial charge in [0.05, 0.1) is 5.75 Å². The van der Waals surface area contributed by atoms with Crippen molar-refractivity contribution in [3.8, 4) is 0 Å². The van der Waals surface area contributed by atoms with Gasteiger partial charge in [0.15, 0.2) is 0 Å². The van der Waals surface area contributed by atoms with Gasteiger partial charge >= 0.3 is 5.97 Å². The topological polar surface area (TPSA) is 98.5 Å². The summed E-state index contributed by atoms with van der Waals surface area (Å²) in [7, 11) is -3.47. The number of sulfonamides is 1. The van der Waals surface area contributed by atoms with E-state index in [9.17, 15) is 13.2 Å². The van der Waals surface area contributed by atoms with Gasteiger partial charge in [0.2, 0.25) is 10.0 Å². The highest BCUT2D eigenvalue weighted by Gasteiger charge is 2.27. The van der Waals surface area contributed by atoms with Crippen LogP contribution in [0.5, 0.6) is 0 Å². The Morgan fingerprint density at radius 3 is 2.29 bits per heavy atom. The number of ether oxygens (including phenoxy) is 1. The van der Waals surface area contributed by atoms with Crippen molar-refractivity contribution in [2.24, 2.45) is 5.73 Å². The van der Waals surface area contributed by atoms with Crippen LogP contribution in [0.2, 0.25) is 0 Å². The molecule has 0 heterocycles. The van der Waals surface area contributed by atoms with Gasteiger partial charge in [-0.05, 0) is 27.2 Å². The van der Waals surface area contributed by atoms with Crippen LogP contribution >= 0.6 is 0 Å². The Balaban J connectivity index is 4.59. The first-order valence-electron chi connectivity index (χ1n) is 5.54. The molecule has 0 spiro atoms. The van der Waals surface area contributed by atoms with Crippen LogP contribution in [0.15, 0.2) is 0 Å². The Hall–Kier alpha value is -0.660. The number of carbonyl (C=O) groups excluding carboxylic acids is 1. The van der Waals surface area contributed by atoms with Crippen LogP contribution < -0.4 is 10.5 Å². The molecule has 0 aromatic heterocycles. The normalized spacial score (nSPS) is 14.4. The summed E-state index contributed by atoms with van der Waals surface area (Å²) in [6, 6.07) is -1.02. The van der Waals surface area contributed by atoms with Crippen molar-refractivity contribution < 1.29 is 17.9 Å². The van der Waals surface area contributed by atoms with E-state index < -0.39 is 27.6 Å². The second-order valence-corrected chi connectivity index (χ2v) is 6.63. The first-order chi connectivity index (χ1) is 7.61. The molecule has 3 N–H and O–H groups in total. The van der Waals surface area contributed by atoms with Gasteiger partial charge in [-0.15, -0.1) is 0 Å². The van der Waals surface area contributed by atoms with E-state index in [1.54, 1.807) is 27.7 Å². The molecule has 0 unspecified atom stereocenters. The van der Waals surface area contributed by atoms with Gasteiger partial charge in [-0.2, -0.15) is 4.72 Å². The zero-order valence-corrected chi connectivity index (χ0v) is 11.6. The lowest BCUT2D eigenvalue weighted by molar-refractivity contribution is -0.156. The highest BCUT2D eigenvalue weighted by atomic mass is 32.2. The Kier molecular flexibility index (Phi) is 6.08. The quantitative estimate of drug-likeness (QED) is 0.659. The summed E-state index contributed by atoms with van der Waals surface area (Å²) in [6.45, 7) is 6.74. The molecule has 0 aromatic carbocycles. The van der Waals surface area contributed by atoms with E-state index in [4.69, 9.17) is 10.5 Å². The Morgan fingerprint density at radius 2 is 1.94 bits per heavy atom. The number of carbonyl (C=O) groups is 1. The minimum atomic E-state index is -3.47. The van der Waals surface area contributed by atoms with Crippen LogP contribution in [0.4, 0.5) is 0 Å². The minimum Gasteiger partial charge on any atom is -0.459 e. The fourth-order valence-electron chi connectivity index (χ4n) is 1.11. The molecular formula is C10H22N2O4S. The molecule has 6 nitrogen and oxygen atoms in total. The van der Waals surface area contributed by atoms with Crippen LogP contribution in [0, 0.1) is 0 Å². The molecule has 0 rings (SSSR count). The Bertz CT molecular complexity index is 346. The van der Waals surface area contributed by atoms with Crippen LogP contribution in [-0.2, 0) is 19.6 Å². The lowest BCUT2D eigenvalue weighted by Gasteiger charge is -2.23. The third kappa shape index (κ3) is 7.30. The molecule has 7 heteroatoms. The van der Waals surface area contributed by atoms with Gasteiger partial charge in [-0.3, -0.25) is 4.79 Å². The van der Waals surface area contributed by atoms with E-state index in [2.05, 4.69) is 4.72 Å². The molecule has 0 fully saturated rings. The molecular weight excluding hydrogens is 244 g/mol. The third-order valence-electron chi connectivity index (χ3n) is 1.72. The molecule has 17 heavy (non-hydrogen) atoms. The number of esters is 1. The van der Waals surface area contributed by atoms with E-state index in [1.807, 2.05) is 0 Å². The molecule has 0 aromatic rings. The smallest absolute Gasteiger partial charge is 0.326 e. The maximum Gasteiger partial charge on any atom is 0.326 e. The number of hydrogen-bond acceptors (Lipinski definition) is 5. The first-order valence-corrected chi connectivity index (χ1v) is 7.19. The van der Waals surface area contributed by atoms with Crippen molar-refractivity contribution in [1.29, 1.82) is 0 Å². The molecule has 1 atom stereocenters. The average molecular weight is 266 g/mol. The lowest BCUT2D eigenvalue weighted by Crippen LogP contribution is -2.48. The zero-order chi connectivity index (χ0) is 13.7. The number of nitrogens with two attached hydrogens (primary N) is 1. The summed E-state index contributed by atoms with van der Waals surface area (Å²) in [5.74, 6) is -0.688. The molecule has 0 saturated heterocycles. The summed E-state index contributed by atoms with van der Waals surface area (Å²) in [6.07, 6.45) is 0.473.